The first-order chi connectivity index (χ1) is 29.4. The van der Waals surface area contributed by atoms with Gasteiger partial charge >= 0.3 is 12.0 Å². The largest absolute Gasteiger partial charge is 0.480 e. The maximum Gasteiger partial charge on any atom is 0.326 e. The van der Waals surface area contributed by atoms with Crippen LogP contribution in [0.1, 0.15) is 84.8 Å². The standard InChI is InChI=1S/C45H63BrN8O8/c1-8-27(6)38(44(60)61)53-45(62)51-33-16-12-13-19-47-39(55)34(21-28-14-10-9-11-15-28)49-41(57)36(22-29-24-48-32-18-17-30(46)23-31(29)32)54(7)43(59)35(20-25(2)3)50-42(58)37(26(4)5)52-40(33)56/h9-11,14-15,17-18,23-27,33-38,48H,8,12-13,16,19-22H2,1-7H3,(H,47,55)(H,49,57)(H,50,58)(H,52,56)(H,60,61)(H2,51,53,62)/t27-,33+,34+,35+,36+,37-,38+/m1/s1. The number of H-pyrrole nitrogens is 1. The average Bonchev–Trinajstić information content (AvgIpc) is 3.62. The van der Waals surface area contributed by atoms with E-state index in [9.17, 15) is 38.7 Å². The van der Waals surface area contributed by atoms with Crippen LogP contribution in [-0.2, 0) is 41.6 Å². The van der Waals surface area contributed by atoms with Gasteiger partial charge in [-0.15, -0.1) is 0 Å². The van der Waals surface area contributed by atoms with Crippen molar-refractivity contribution in [2.75, 3.05) is 13.6 Å². The molecule has 17 heteroatoms. The number of fused-ring (bicyclic) bond motifs is 1. The molecule has 0 saturated carbocycles. The molecule has 3 aromatic rings. The molecule has 1 aromatic heterocycles. The highest BCUT2D eigenvalue weighted by Crippen LogP contribution is 2.25. The van der Waals surface area contributed by atoms with Gasteiger partial charge in [0.25, 0.3) is 0 Å². The summed E-state index contributed by atoms with van der Waals surface area (Å²) in [5, 5.41) is 27.2. The highest BCUT2D eigenvalue weighted by Gasteiger charge is 2.37. The molecule has 0 bridgehead atoms. The molecule has 7 amide bonds. The number of aliphatic carboxylic acids is 1. The first-order valence-electron chi connectivity index (χ1n) is 21.4. The van der Waals surface area contributed by atoms with Crippen molar-refractivity contribution in [3.05, 3.63) is 70.3 Å². The van der Waals surface area contributed by atoms with Crippen LogP contribution >= 0.6 is 15.9 Å². The second-order valence-corrected chi connectivity index (χ2v) is 17.9. The zero-order valence-corrected chi connectivity index (χ0v) is 38.3. The minimum absolute atomic E-state index is 0.0732. The van der Waals surface area contributed by atoms with E-state index in [4.69, 9.17) is 0 Å². The van der Waals surface area contributed by atoms with Gasteiger partial charge in [-0.05, 0) is 72.8 Å². The zero-order valence-electron chi connectivity index (χ0n) is 36.7. The molecular weight excluding hydrogens is 860 g/mol. The highest BCUT2D eigenvalue weighted by atomic mass is 79.9. The average molecular weight is 924 g/mol. The number of rotatable bonds is 12. The van der Waals surface area contributed by atoms with Crippen molar-refractivity contribution in [1.29, 1.82) is 0 Å². The number of nitrogens with zero attached hydrogens (tertiary/aromatic N) is 1. The Morgan fingerprint density at radius 2 is 1.56 bits per heavy atom. The number of amides is 7. The summed E-state index contributed by atoms with van der Waals surface area (Å²) in [7, 11) is 1.50. The molecule has 2 aromatic carbocycles. The molecule has 0 radical (unpaired) electrons. The molecule has 1 aliphatic rings. The molecule has 1 saturated heterocycles. The van der Waals surface area contributed by atoms with Crippen molar-refractivity contribution >= 4 is 68.4 Å². The highest BCUT2D eigenvalue weighted by molar-refractivity contribution is 9.10. The molecule has 62 heavy (non-hydrogen) atoms. The van der Waals surface area contributed by atoms with Crippen LogP contribution in [0.5, 0.6) is 0 Å². The third kappa shape index (κ3) is 13.8. The van der Waals surface area contributed by atoms with Gasteiger partial charge in [-0.3, -0.25) is 24.0 Å². The van der Waals surface area contributed by atoms with Crippen molar-refractivity contribution in [2.24, 2.45) is 17.8 Å². The lowest BCUT2D eigenvalue weighted by molar-refractivity contribution is -0.143. The molecule has 1 fully saturated rings. The normalized spacial score (nSPS) is 22.4. The van der Waals surface area contributed by atoms with Gasteiger partial charge in [-0.25, -0.2) is 9.59 Å². The molecule has 16 nitrogen and oxygen atoms in total. The first kappa shape index (κ1) is 49.2. The van der Waals surface area contributed by atoms with Gasteiger partial charge in [-0.1, -0.05) is 94.2 Å². The molecule has 0 spiro atoms. The van der Waals surface area contributed by atoms with Crippen LogP contribution in [0.25, 0.3) is 10.9 Å². The predicted octanol–water partition coefficient (Wildman–Crippen LogP) is 4.17. The van der Waals surface area contributed by atoms with Crippen LogP contribution in [0.4, 0.5) is 4.79 Å². The van der Waals surface area contributed by atoms with E-state index in [1.807, 2.05) is 62.4 Å². The number of aromatic nitrogens is 1. The maximum absolute atomic E-state index is 14.7. The molecule has 0 aliphatic carbocycles. The minimum Gasteiger partial charge on any atom is -0.480 e. The van der Waals surface area contributed by atoms with Crippen LogP contribution in [0.2, 0.25) is 0 Å². The predicted molar refractivity (Wildman–Crippen MR) is 240 cm³/mol. The number of nitrogens with one attached hydrogen (secondary N) is 7. The van der Waals surface area contributed by atoms with Crippen LogP contribution in [-0.4, -0.2) is 106 Å². The summed E-state index contributed by atoms with van der Waals surface area (Å²) < 4.78 is 0.824. The Bertz CT molecular complexity index is 2040. The number of halogens is 1. The molecule has 1 aliphatic heterocycles. The fraction of sp³-hybridized carbons (Fsp3) is 0.533. The molecule has 2 heterocycles. The Kier molecular flexibility index (Phi) is 18.4. The number of hydrogen-bond acceptors (Lipinski definition) is 7. The Labute approximate surface area is 372 Å². The molecule has 8 N–H and O–H groups in total. The van der Waals surface area contributed by atoms with Gasteiger partial charge in [0.15, 0.2) is 0 Å². The van der Waals surface area contributed by atoms with Crippen molar-refractivity contribution in [3.63, 3.8) is 0 Å². The summed E-state index contributed by atoms with van der Waals surface area (Å²) in [5.74, 6) is -5.05. The number of likely N-dealkylation sites (N-methyl/N-ethyl adjacent to an activating group) is 1. The van der Waals surface area contributed by atoms with E-state index in [-0.39, 0.29) is 38.1 Å². The summed E-state index contributed by atoms with van der Waals surface area (Å²) >= 11 is 3.53. The minimum atomic E-state index is -1.22. The molecule has 0 unspecified atom stereocenters. The summed E-state index contributed by atoms with van der Waals surface area (Å²) in [5.41, 5.74) is 2.38. The number of carbonyl (C=O) groups excluding carboxylic acids is 6. The van der Waals surface area contributed by atoms with Gasteiger partial charge in [0.05, 0.1) is 0 Å². The Morgan fingerprint density at radius 1 is 0.871 bits per heavy atom. The molecule has 4 rings (SSSR count). The number of carboxylic acids is 1. The third-order valence-corrected chi connectivity index (χ3v) is 11.8. The summed E-state index contributed by atoms with van der Waals surface area (Å²) in [6.07, 6.45) is 3.48. The quantitative estimate of drug-likeness (QED) is 0.131. The van der Waals surface area contributed by atoms with Gasteiger partial charge in [-0.2, -0.15) is 0 Å². The number of aromatic amines is 1. The SMILES string of the molecule is CC[C@@H](C)[C@H](NC(=O)N[C@H]1CCCCNC(=O)[C@H](Cc2ccccc2)NC(=O)[C@H](Cc2c[nH]c3ccc(Br)cc23)N(C)C(=O)[C@H](CC(C)C)NC(=O)[C@@H](C(C)C)NC1=O)C(=O)O. The monoisotopic (exact) mass is 922 g/mol. The lowest BCUT2D eigenvalue weighted by Gasteiger charge is -2.33. The van der Waals surface area contributed by atoms with Gasteiger partial charge in [0.2, 0.25) is 29.5 Å². The fourth-order valence-electron chi connectivity index (χ4n) is 7.50. The number of urea groups is 1. The van der Waals surface area contributed by atoms with E-state index in [1.54, 1.807) is 33.9 Å². The van der Waals surface area contributed by atoms with E-state index < -0.39 is 89.6 Å². The Morgan fingerprint density at radius 3 is 2.21 bits per heavy atom. The van der Waals surface area contributed by atoms with Crippen molar-refractivity contribution < 1.29 is 38.7 Å². The van der Waals surface area contributed by atoms with E-state index in [0.717, 1.165) is 26.5 Å². The van der Waals surface area contributed by atoms with Crippen LogP contribution in [0.3, 0.4) is 0 Å². The molecule has 338 valence electrons. The lowest BCUT2D eigenvalue weighted by atomic mass is 9.97. The van der Waals surface area contributed by atoms with E-state index >= 15 is 0 Å². The van der Waals surface area contributed by atoms with Crippen molar-refractivity contribution in [3.8, 4) is 0 Å². The maximum atomic E-state index is 14.7. The summed E-state index contributed by atoms with van der Waals surface area (Å²) in [4.78, 5) is 101. The van der Waals surface area contributed by atoms with E-state index in [1.165, 1.54) is 11.9 Å². The molecular formula is C45H63BrN8O8. The van der Waals surface area contributed by atoms with Crippen LogP contribution < -0.4 is 31.9 Å². The second kappa shape index (κ2) is 23.1. The van der Waals surface area contributed by atoms with Gasteiger partial charge in [0, 0.05) is 48.0 Å². The second-order valence-electron chi connectivity index (χ2n) is 17.0. The van der Waals surface area contributed by atoms with Gasteiger partial charge < -0.3 is 46.9 Å². The van der Waals surface area contributed by atoms with Crippen LogP contribution in [0, 0.1) is 17.8 Å². The van der Waals surface area contributed by atoms with Gasteiger partial charge in [0.1, 0.15) is 36.3 Å². The van der Waals surface area contributed by atoms with Crippen molar-refractivity contribution in [2.45, 2.75) is 123 Å². The first-order valence-corrected chi connectivity index (χ1v) is 22.2. The Balaban J connectivity index is 1.74. The fourth-order valence-corrected chi connectivity index (χ4v) is 7.87. The zero-order chi connectivity index (χ0) is 45.7. The number of carboxylic acid groups (broad SMARTS) is 1. The summed E-state index contributed by atoms with van der Waals surface area (Å²) in [6, 6.07) is 7.25. The smallest absolute Gasteiger partial charge is 0.326 e. The van der Waals surface area contributed by atoms with Crippen LogP contribution in [0.15, 0.2) is 59.2 Å². The van der Waals surface area contributed by atoms with E-state index in [0.29, 0.717) is 19.3 Å². The van der Waals surface area contributed by atoms with E-state index in [2.05, 4.69) is 52.8 Å². The summed E-state index contributed by atoms with van der Waals surface area (Å²) in [6.45, 7) is 10.9. The lowest BCUT2D eigenvalue weighted by Crippen LogP contribution is -2.61. The Hall–Kier alpha value is -5.45. The molecule has 7 atom stereocenters. The topological polar surface area (TPSA) is 231 Å². The number of carbonyl (C=O) groups is 7. The van der Waals surface area contributed by atoms with Crippen molar-refractivity contribution in [1.82, 2.24) is 41.8 Å². The number of benzene rings is 2. The third-order valence-electron chi connectivity index (χ3n) is 11.4. The number of hydrogen-bond donors (Lipinski definition) is 8.